The molecule has 152 valence electrons. The molecule has 2 aromatic rings. The van der Waals surface area contributed by atoms with E-state index < -0.39 is 0 Å². The molecule has 1 atom stereocenters. The summed E-state index contributed by atoms with van der Waals surface area (Å²) >= 11 is 0. The van der Waals surface area contributed by atoms with Crippen LogP contribution in [0.1, 0.15) is 18.1 Å². The number of rotatable bonds is 6. The first-order valence-electron chi connectivity index (χ1n) is 10.1. The summed E-state index contributed by atoms with van der Waals surface area (Å²) < 4.78 is 5.25. The van der Waals surface area contributed by atoms with Gasteiger partial charge in [-0.05, 0) is 60.8 Å². The Morgan fingerprint density at radius 3 is 2.79 bits per heavy atom. The van der Waals surface area contributed by atoms with Gasteiger partial charge in [-0.2, -0.15) is 0 Å². The van der Waals surface area contributed by atoms with Crippen LogP contribution < -0.4 is 20.3 Å². The van der Waals surface area contributed by atoms with E-state index in [1.165, 1.54) is 0 Å². The van der Waals surface area contributed by atoms with E-state index in [-0.39, 0.29) is 17.7 Å². The standard InChI is InChI=1S/C23H27N3O3/c1-15(18-13-24-14-18)23(28)25-19-7-6-17-8-9-26(21(17)12-19)22(27)11-16-4-3-5-20(10-16)29-2/h3-7,10,12,15,18,24H,8-9,11,13-14H2,1-2H3,(H,25,28). The molecule has 0 saturated carbocycles. The number of nitrogens with zero attached hydrogens (tertiary/aromatic N) is 1. The summed E-state index contributed by atoms with van der Waals surface area (Å²) in [6.45, 7) is 4.43. The van der Waals surface area contributed by atoms with Crippen LogP contribution in [0.2, 0.25) is 0 Å². The second kappa shape index (κ2) is 8.25. The van der Waals surface area contributed by atoms with Gasteiger partial charge in [0.15, 0.2) is 0 Å². The number of carbonyl (C=O) groups is 2. The number of hydrogen-bond donors (Lipinski definition) is 2. The monoisotopic (exact) mass is 393 g/mol. The van der Waals surface area contributed by atoms with Crippen LogP contribution in [0, 0.1) is 11.8 Å². The lowest BCUT2D eigenvalue weighted by Crippen LogP contribution is -2.48. The summed E-state index contributed by atoms with van der Waals surface area (Å²) in [5, 5.41) is 6.23. The van der Waals surface area contributed by atoms with Gasteiger partial charge in [0.2, 0.25) is 11.8 Å². The normalized spacial score (nSPS) is 16.7. The van der Waals surface area contributed by atoms with Crippen molar-refractivity contribution in [2.24, 2.45) is 11.8 Å². The van der Waals surface area contributed by atoms with Gasteiger partial charge >= 0.3 is 0 Å². The third-order valence-electron chi connectivity index (χ3n) is 5.97. The fraction of sp³-hybridized carbons (Fsp3) is 0.391. The molecule has 1 fully saturated rings. The molecular weight excluding hydrogens is 366 g/mol. The second-order valence-electron chi connectivity index (χ2n) is 7.86. The van der Waals surface area contributed by atoms with Crippen molar-refractivity contribution >= 4 is 23.2 Å². The quantitative estimate of drug-likeness (QED) is 0.792. The zero-order valence-electron chi connectivity index (χ0n) is 16.9. The first-order valence-corrected chi connectivity index (χ1v) is 10.1. The number of ether oxygens (including phenoxy) is 1. The molecule has 6 heteroatoms. The van der Waals surface area contributed by atoms with E-state index >= 15 is 0 Å². The number of amides is 2. The fourth-order valence-corrected chi connectivity index (χ4v) is 3.90. The van der Waals surface area contributed by atoms with Crippen molar-refractivity contribution in [1.82, 2.24) is 5.32 Å². The summed E-state index contributed by atoms with van der Waals surface area (Å²) in [5.74, 6) is 1.19. The second-order valence-corrected chi connectivity index (χ2v) is 7.86. The Labute approximate surface area is 171 Å². The fourth-order valence-electron chi connectivity index (χ4n) is 3.90. The Balaban J connectivity index is 1.46. The Hall–Kier alpha value is -2.86. The van der Waals surface area contributed by atoms with Crippen molar-refractivity contribution in [2.75, 3.05) is 37.0 Å². The molecule has 4 rings (SSSR count). The summed E-state index contributed by atoms with van der Waals surface area (Å²) in [5.41, 5.74) is 3.70. The summed E-state index contributed by atoms with van der Waals surface area (Å²) in [6.07, 6.45) is 1.15. The molecule has 0 spiro atoms. The molecule has 2 heterocycles. The van der Waals surface area contributed by atoms with Crippen LogP contribution in [0.3, 0.4) is 0 Å². The van der Waals surface area contributed by atoms with E-state index in [0.717, 1.165) is 47.8 Å². The minimum atomic E-state index is -0.0321. The zero-order valence-corrected chi connectivity index (χ0v) is 16.9. The molecule has 0 radical (unpaired) electrons. The first kappa shape index (κ1) is 19.5. The number of fused-ring (bicyclic) bond motifs is 1. The van der Waals surface area contributed by atoms with Gasteiger partial charge in [-0.3, -0.25) is 9.59 Å². The molecule has 0 aliphatic carbocycles. The minimum Gasteiger partial charge on any atom is -0.497 e. The van der Waals surface area contributed by atoms with E-state index in [2.05, 4.69) is 10.6 Å². The number of anilines is 2. The summed E-state index contributed by atoms with van der Waals surface area (Å²) in [6, 6.07) is 13.5. The van der Waals surface area contributed by atoms with E-state index in [0.29, 0.717) is 18.9 Å². The molecule has 0 bridgehead atoms. The van der Waals surface area contributed by atoms with Gasteiger partial charge in [0.05, 0.1) is 13.5 Å². The van der Waals surface area contributed by atoms with Gasteiger partial charge in [-0.1, -0.05) is 25.1 Å². The lowest BCUT2D eigenvalue weighted by Gasteiger charge is -2.31. The Morgan fingerprint density at radius 1 is 1.24 bits per heavy atom. The highest BCUT2D eigenvalue weighted by Crippen LogP contribution is 2.32. The molecule has 0 aromatic heterocycles. The molecule has 1 saturated heterocycles. The van der Waals surface area contributed by atoms with Crippen LogP contribution in [0.5, 0.6) is 5.75 Å². The van der Waals surface area contributed by atoms with Crippen molar-refractivity contribution in [1.29, 1.82) is 0 Å². The largest absolute Gasteiger partial charge is 0.497 e. The number of benzene rings is 2. The lowest BCUT2D eigenvalue weighted by atomic mass is 9.88. The molecule has 2 N–H and O–H groups in total. The van der Waals surface area contributed by atoms with Crippen LogP contribution in [-0.2, 0) is 22.4 Å². The predicted molar refractivity (Wildman–Crippen MR) is 113 cm³/mol. The smallest absolute Gasteiger partial charge is 0.231 e. The highest BCUT2D eigenvalue weighted by atomic mass is 16.5. The summed E-state index contributed by atoms with van der Waals surface area (Å²) in [4.78, 5) is 27.3. The van der Waals surface area contributed by atoms with E-state index in [1.807, 2.05) is 54.3 Å². The maximum Gasteiger partial charge on any atom is 0.231 e. The Morgan fingerprint density at radius 2 is 2.07 bits per heavy atom. The molecular formula is C23H27N3O3. The van der Waals surface area contributed by atoms with Crippen molar-refractivity contribution in [3.63, 3.8) is 0 Å². The van der Waals surface area contributed by atoms with Crippen molar-refractivity contribution in [3.8, 4) is 5.75 Å². The average Bonchev–Trinajstić information content (AvgIpc) is 3.10. The van der Waals surface area contributed by atoms with Crippen molar-refractivity contribution in [3.05, 3.63) is 53.6 Å². The van der Waals surface area contributed by atoms with Gasteiger partial charge in [0.1, 0.15) is 5.75 Å². The summed E-state index contributed by atoms with van der Waals surface area (Å²) in [7, 11) is 1.62. The van der Waals surface area contributed by atoms with Gasteiger partial charge < -0.3 is 20.3 Å². The first-order chi connectivity index (χ1) is 14.0. The zero-order chi connectivity index (χ0) is 20.4. The number of nitrogens with one attached hydrogen (secondary N) is 2. The number of carbonyl (C=O) groups excluding carboxylic acids is 2. The van der Waals surface area contributed by atoms with Crippen molar-refractivity contribution in [2.45, 2.75) is 19.8 Å². The number of methoxy groups -OCH3 is 1. The molecule has 1 unspecified atom stereocenters. The van der Waals surface area contributed by atoms with Crippen LogP contribution in [0.4, 0.5) is 11.4 Å². The van der Waals surface area contributed by atoms with Crippen LogP contribution in [0.15, 0.2) is 42.5 Å². The van der Waals surface area contributed by atoms with E-state index in [9.17, 15) is 9.59 Å². The SMILES string of the molecule is COc1cccc(CC(=O)N2CCc3ccc(NC(=O)C(C)C4CNC4)cc32)c1. The third kappa shape index (κ3) is 4.12. The molecule has 6 nitrogen and oxygen atoms in total. The molecule has 2 aliphatic rings. The Kier molecular flexibility index (Phi) is 5.53. The molecule has 2 aromatic carbocycles. The van der Waals surface area contributed by atoms with E-state index in [1.54, 1.807) is 7.11 Å². The average molecular weight is 393 g/mol. The maximum absolute atomic E-state index is 12.9. The number of hydrogen-bond acceptors (Lipinski definition) is 4. The highest BCUT2D eigenvalue weighted by molar-refractivity contribution is 5.99. The Bertz CT molecular complexity index is 923. The van der Waals surface area contributed by atoms with Gasteiger partial charge in [-0.15, -0.1) is 0 Å². The van der Waals surface area contributed by atoms with E-state index in [4.69, 9.17) is 4.74 Å². The van der Waals surface area contributed by atoms with Crippen LogP contribution in [0.25, 0.3) is 0 Å². The van der Waals surface area contributed by atoms with Gasteiger partial charge in [-0.25, -0.2) is 0 Å². The van der Waals surface area contributed by atoms with Gasteiger partial charge in [0.25, 0.3) is 0 Å². The minimum absolute atomic E-state index is 0.0312. The molecule has 29 heavy (non-hydrogen) atoms. The van der Waals surface area contributed by atoms with Gasteiger partial charge in [0, 0.05) is 23.8 Å². The van der Waals surface area contributed by atoms with Crippen molar-refractivity contribution < 1.29 is 14.3 Å². The predicted octanol–water partition coefficient (Wildman–Crippen LogP) is 2.62. The maximum atomic E-state index is 12.9. The molecule has 2 aliphatic heterocycles. The van der Waals surface area contributed by atoms with Crippen LogP contribution >= 0.6 is 0 Å². The lowest BCUT2D eigenvalue weighted by molar-refractivity contribution is -0.121. The molecule has 2 amide bonds. The highest BCUT2D eigenvalue weighted by Gasteiger charge is 2.29. The van der Waals surface area contributed by atoms with Crippen LogP contribution in [-0.4, -0.2) is 38.6 Å². The topological polar surface area (TPSA) is 70.7 Å². The third-order valence-corrected chi connectivity index (χ3v) is 5.97.